The highest BCUT2D eigenvalue weighted by Crippen LogP contribution is 2.55. The van der Waals surface area contributed by atoms with Crippen LogP contribution in [0, 0.1) is 8.78 Å². The molecule has 0 saturated carbocycles. The van der Waals surface area contributed by atoms with E-state index in [4.69, 9.17) is 0 Å². The van der Waals surface area contributed by atoms with Crippen LogP contribution in [0.25, 0.3) is 10.9 Å². The van der Waals surface area contributed by atoms with Crippen molar-refractivity contribution >= 4 is 56.9 Å². The standard InChI is InChI=1S/C20H9F10IN2O2S/c21-17(18(22,23)24,19(25,26)27)11-7-12(31)15(14(8-11)36-20(28,29)30)33(35)16(34)10-4-3-9-2-1-5-32-13(9)6-10/h1-8,33H. The topological polar surface area (TPSA) is 57.5 Å². The molecule has 1 N–H and O–H groups in total. The minimum Gasteiger partial charge on any atom is -0.621 e. The van der Waals surface area contributed by atoms with Crippen molar-refractivity contribution in [2.45, 2.75) is 28.4 Å². The SMILES string of the molecule is O=C(c1ccc2cccnc2c1)[NH+]([O-])c1c(I)cc(C(F)(C(F)(F)F)C(F)(F)F)cc1SC(F)(F)F. The van der Waals surface area contributed by atoms with Crippen molar-refractivity contribution < 1.29 is 53.8 Å². The van der Waals surface area contributed by atoms with Crippen molar-refractivity contribution in [3.05, 3.63) is 68.6 Å². The molecule has 36 heavy (non-hydrogen) atoms. The van der Waals surface area contributed by atoms with E-state index in [0.717, 1.165) is 34.7 Å². The second-order valence-electron chi connectivity index (χ2n) is 7.10. The van der Waals surface area contributed by atoms with Gasteiger partial charge in [0.2, 0.25) is 0 Å². The quantitative estimate of drug-likeness (QED) is 0.149. The first kappa shape index (κ1) is 28.4. The van der Waals surface area contributed by atoms with E-state index in [1.54, 1.807) is 12.1 Å². The molecule has 3 aromatic rings. The third-order valence-corrected chi connectivity index (χ3v) is 6.38. The van der Waals surface area contributed by atoms with E-state index in [-0.39, 0.29) is 23.2 Å². The van der Waals surface area contributed by atoms with Crippen molar-refractivity contribution in [3.8, 4) is 0 Å². The number of thioether (sulfide) groups is 1. The van der Waals surface area contributed by atoms with E-state index in [2.05, 4.69) is 4.98 Å². The molecule has 1 amide bonds. The molecule has 0 bridgehead atoms. The molecule has 1 atom stereocenters. The first-order valence-corrected chi connectivity index (χ1v) is 11.1. The minimum absolute atomic E-state index is 0.0650. The first-order chi connectivity index (χ1) is 16.4. The van der Waals surface area contributed by atoms with Gasteiger partial charge in [0.1, 0.15) is 0 Å². The van der Waals surface area contributed by atoms with Gasteiger partial charge in [0.25, 0.3) is 0 Å². The molecule has 16 heteroatoms. The molecular formula is C20H9F10IN2O2S. The molecule has 1 heterocycles. The van der Waals surface area contributed by atoms with E-state index < -0.39 is 66.0 Å². The van der Waals surface area contributed by atoms with E-state index in [1.807, 2.05) is 0 Å². The fraction of sp³-hybridized carbons (Fsp3) is 0.200. The molecule has 3 rings (SSSR count). The van der Waals surface area contributed by atoms with Crippen molar-refractivity contribution in [1.82, 2.24) is 4.98 Å². The number of amides is 1. The Morgan fingerprint density at radius 3 is 2.08 bits per heavy atom. The van der Waals surface area contributed by atoms with Crippen LogP contribution in [0.4, 0.5) is 49.6 Å². The van der Waals surface area contributed by atoms with Gasteiger partial charge in [-0.1, -0.05) is 12.1 Å². The van der Waals surface area contributed by atoms with Crippen LogP contribution in [-0.2, 0) is 5.67 Å². The number of rotatable bonds is 4. The number of nitrogens with zero attached hydrogens (tertiary/aromatic N) is 1. The van der Waals surface area contributed by atoms with Gasteiger partial charge >= 0.3 is 29.4 Å². The number of halogens is 11. The lowest BCUT2D eigenvalue weighted by Gasteiger charge is -2.31. The summed E-state index contributed by atoms with van der Waals surface area (Å²) in [4.78, 5) is 15.2. The van der Waals surface area contributed by atoms with Gasteiger partial charge in [0.15, 0.2) is 5.69 Å². The Labute approximate surface area is 212 Å². The van der Waals surface area contributed by atoms with Gasteiger partial charge < -0.3 is 5.21 Å². The number of hydrogen-bond acceptors (Lipinski definition) is 4. The highest BCUT2D eigenvalue weighted by Gasteiger charge is 2.73. The summed E-state index contributed by atoms with van der Waals surface area (Å²) in [5, 5.41) is 11.7. The van der Waals surface area contributed by atoms with Crippen LogP contribution in [0.3, 0.4) is 0 Å². The lowest BCUT2D eigenvalue weighted by molar-refractivity contribution is -0.682. The van der Waals surface area contributed by atoms with Crippen molar-refractivity contribution in [2.24, 2.45) is 0 Å². The molecule has 4 nitrogen and oxygen atoms in total. The number of pyridine rings is 1. The molecule has 0 spiro atoms. The Morgan fingerprint density at radius 2 is 1.53 bits per heavy atom. The van der Waals surface area contributed by atoms with Crippen LogP contribution in [0.15, 0.2) is 53.6 Å². The molecule has 1 aromatic heterocycles. The van der Waals surface area contributed by atoms with Crippen LogP contribution < -0.4 is 5.06 Å². The largest absolute Gasteiger partial charge is 0.621 e. The molecule has 194 valence electrons. The number of aromatic nitrogens is 1. The van der Waals surface area contributed by atoms with E-state index in [9.17, 15) is 53.9 Å². The summed E-state index contributed by atoms with van der Waals surface area (Å²) in [6.45, 7) is 0. The van der Waals surface area contributed by atoms with Gasteiger partial charge in [-0.25, -0.2) is 9.18 Å². The normalized spacial score (nSPS) is 14.2. The zero-order valence-corrected chi connectivity index (χ0v) is 19.9. The van der Waals surface area contributed by atoms with Crippen molar-refractivity contribution in [1.29, 1.82) is 0 Å². The fourth-order valence-electron chi connectivity index (χ4n) is 3.15. The lowest BCUT2D eigenvalue weighted by Crippen LogP contribution is -3.05. The number of benzene rings is 2. The molecule has 0 aliphatic rings. The highest BCUT2D eigenvalue weighted by atomic mass is 127. The number of hydrogen-bond donors (Lipinski definition) is 1. The summed E-state index contributed by atoms with van der Waals surface area (Å²) in [5.41, 5.74) is -14.8. The van der Waals surface area contributed by atoms with Crippen LogP contribution in [0.2, 0.25) is 0 Å². The van der Waals surface area contributed by atoms with Gasteiger partial charge in [-0.05, 0) is 64.7 Å². The summed E-state index contributed by atoms with van der Waals surface area (Å²) in [6, 6.07) is 6.37. The lowest BCUT2D eigenvalue weighted by atomic mass is 9.94. The number of hydroxylamine groups is 1. The number of carbonyl (C=O) groups is 1. The molecule has 1 unspecified atom stereocenters. The smallest absolute Gasteiger partial charge is 0.446 e. The predicted molar refractivity (Wildman–Crippen MR) is 116 cm³/mol. The van der Waals surface area contributed by atoms with Crippen LogP contribution >= 0.6 is 34.4 Å². The third-order valence-electron chi connectivity index (χ3n) is 4.76. The zero-order valence-electron chi connectivity index (χ0n) is 16.9. The van der Waals surface area contributed by atoms with Gasteiger partial charge in [0.05, 0.1) is 19.5 Å². The zero-order chi connectivity index (χ0) is 27.3. The molecule has 0 aliphatic carbocycles. The maximum Gasteiger partial charge on any atom is 0.446 e. The molecule has 0 radical (unpaired) electrons. The summed E-state index contributed by atoms with van der Waals surface area (Å²) in [7, 11) is 0. The molecule has 0 saturated heterocycles. The van der Waals surface area contributed by atoms with Crippen molar-refractivity contribution in [2.75, 3.05) is 0 Å². The second kappa shape index (κ2) is 9.60. The van der Waals surface area contributed by atoms with Gasteiger partial charge in [-0.15, -0.1) is 0 Å². The number of fused-ring (bicyclic) bond motifs is 1. The van der Waals surface area contributed by atoms with Crippen molar-refractivity contribution in [3.63, 3.8) is 0 Å². The summed E-state index contributed by atoms with van der Waals surface area (Å²) < 4.78 is 132. The number of quaternary nitrogens is 1. The molecule has 0 fully saturated rings. The van der Waals surface area contributed by atoms with E-state index in [0.29, 0.717) is 5.39 Å². The Bertz CT molecular complexity index is 1300. The highest BCUT2D eigenvalue weighted by molar-refractivity contribution is 14.1. The Hall–Kier alpha value is -2.18. The summed E-state index contributed by atoms with van der Waals surface area (Å²) >= 11 is -0.281. The van der Waals surface area contributed by atoms with Gasteiger partial charge in [-0.3, -0.25) is 10.0 Å². The van der Waals surface area contributed by atoms with Crippen LogP contribution in [0.1, 0.15) is 15.9 Å². The predicted octanol–water partition coefficient (Wildman–Crippen LogP) is 6.60. The summed E-state index contributed by atoms with van der Waals surface area (Å²) in [6.07, 6.45) is -11.9. The average molecular weight is 658 g/mol. The first-order valence-electron chi connectivity index (χ1n) is 9.23. The number of carbonyl (C=O) groups excluding carboxylic acids is 1. The summed E-state index contributed by atoms with van der Waals surface area (Å²) in [5.74, 6) is -1.41. The average Bonchev–Trinajstić information content (AvgIpc) is 2.74. The van der Waals surface area contributed by atoms with E-state index in [1.165, 1.54) is 12.3 Å². The van der Waals surface area contributed by atoms with E-state index >= 15 is 0 Å². The minimum atomic E-state index is -6.60. The fourth-order valence-corrected chi connectivity index (χ4v) is 4.94. The third kappa shape index (κ3) is 5.40. The van der Waals surface area contributed by atoms with Crippen LogP contribution in [-0.4, -0.2) is 28.8 Å². The Kier molecular flexibility index (Phi) is 7.58. The Morgan fingerprint density at radius 1 is 0.917 bits per heavy atom. The maximum atomic E-state index is 14.5. The number of nitrogens with one attached hydrogen (secondary N) is 1. The van der Waals surface area contributed by atoms with Crippen LogP contribution in [0.5, 0.6) is 0 Å². The Balaban J connectivity index is 2.19. The van der Waals surface area contributed by atoms with Gasteiger partial charge in [-0.2, -0.15) is 39.5 Å². The molecule has 0 aliphatic heterocycles. The second-order valence-corrected chi connectivity index (χ2v) is 9.37. The number of alkyl halides is 10. The van der Waals surface area contributed by atoms with Gasteiger partial charge in [0, 0.05) is 17.1 Å². The molecule has 2 aromatic carbocycles. The molecular weight excluding hydrogens is 649 g/mol. The maximum absolute atomic E-state index is 14.5. The monoisotopic (exact) mass is 658 g/mol.